The Balaban J connectivity index is 2.03. The lowest BCUT2D eigenvalue weighted by molar-refractivity contribution is 0.102. The van der Waals surface area contributed by atoms with Gasteiger partial charge in [-0.1, -0.05) is 28.9 Å². The van der Waals surface area contributed by atoms with Crippen LogP contribution in [0.4, 0.5) is 10.1 Å². The summed E-state index contributed by atoms with van der Waals surface area (Å²) >= 11 is 8.22. The monoisotopic (exact) mass is 456 g/mol. The number of carbonyl (C=O) groups excluding carboxylic acids is 1. The molecule has 0 spiro atoms. The van der Waals surface area contributed by atoms with Gasteiger partial charge in [0.25, 0.3) is 5.91 Å². The van der Waals surface area contributed by atoms with Gasteiger partial charge >= 0.3 is 0 Å². The van der Waals surface area contributed by atoms with Crippen LogP contribution in [0, 0.1) is 16.3 Å². The minimum absolute atomic E-state index is 0.0452. The van der Waals surface area contributed by atoms with Crippen LogP contribution in [-0.4, -0.2) is 11.1 Å². The van der Waals surface area contributed by atoms with Crippen LogP contribution in [0.3, 0.4) is 0 Å². The number of anilines is 1. The van der Waals surface area contributed by atoms with Gasteiger partial charge in [0.2, 0.25) is 0 Å². The maximum Gasteiger partial charge on any atom is 0.261 e. The molecular weight excluding hydrogens is 446 g/mol. The van der Waals surface area contributed by atoms with Crippen molar-refractivity contribution in [1.29, 1.82) is 0 Å². The number of benzene rings is 2. The smallest absolute Gasteiger partial charge is 0.261 e. The zero-order chi connectivity index (χ0) is 17.3. The summed E-state index contributed by atoms with van der Waals surface area (Å²) in [6.07, 6.45) is 0. The van der Waals surface area contributed by atoms with Crippen molar-refractivity contribution in [3.05, 3.63) is 68.2 Å². The summed E-state index contributed by atoms with van der Waals surface area (Å²) in [5.41, 5.74) is 0.904. The van der Waals surface area contributed by atoms with Crippen molar-refractivity contribution in [2.75, 3.05) is 5.32 Å². The van der Waals surface area contributed by atoms with Gasteiger partial charge in [-0.05, 0) is 59.8 Å². The van der Waals surface area contributed by atoms with Crippen LogP contribution in [-0.2, 0) is 0 Å². The molecule has 1 N–H and O–H groups in total. The lowest BCUT2D eigenvalue weighted by atomic mass is 10.0. The van der Waals surface area contributed by atoms with Crippen molar-refractivity contribution in [2.24, 2.45) is 0 Å². The fourth-order valence-electron chi connectivity index (χ4n) is 2.29. The van der Waals surface area contributed by atoms with Gasteiger partial charge in [-0.15, -0.1) is 0 Å². The second-order valence-electron chi connectivity index (χ2n) is 5.02. The molecule has 2 aromatic carbocycles. The van der Waals surface area contributed by atoms with Gasteiger partial charge in [0.05, 0.1) is 10.6 Å². The third-order valence-electron chi connectivity index (χ3n) is 3.37. The van der Waals surface area contributed by atoms with E-state index in [2.05, 4.69) is 33.1 Å². The van der Waals surface area contributed by atoms with Crippen LogP contribution in [0.2, 0.25) is 5.02 Å². The first-order chi connectivity index (χ1) is 11.5. The van der Waals surface area contributed by atoms with Gasteiger partial charge in [0.15, 0.2) is 0 Å². The molecule has 0 unspecified atom stereocenters. The van der Waals surface area contributed by atoms with Crippen LogP contribution in [0.25, 0.3) is 11.3 Å². The lowest BCUT2D eigenvalue weighted by Gasteiger charge is -2.07. The Bertz CT molecular complexity index is 906. The minimum atomic E-state index is -0.570. The molecule has 1 amide bonds. The Hall–Kier alpha value is -1.93. The van der Waals surface area contributed by atoms with Crippen LogP contribution in [0.5, 0.6) is 0 Å². The van der Waals surface area contributed by atoms with Crippen molar-refractivity contribution in [3.8, 4) is 11.3 Å². The third kappa shape index (κ3) is 3.29. The normalized spacial score (nSPS) is 10.7. The van der Waals surface area contributed by atoms with Crippen LogP contribution in [0.15, 0.2) is 47.0 Å². The Morgan fingerprint density at radius 2 is 2.04 bits per heavy atom. The van der Waals surface area contributed by atoms with E-state index in [1.165, 1.54) is 18.2 Å². The highest BCUT2D eigenvalue weighted by atomic mass is 127. The Kier molecular flexibility index (Phi) is 4.86. The van der Waals surface area contributed by atoms with E-state index in [0.717, 1.165) is 3.57 Å². The van der Waals surface area contributed by atoms with Crippen molar-refractivity contribution in [2.45, 2.75) is 6.92 Å². The SMILES string of the molecule is Cc1onc(-c2c(F)cccc2Cl)c1C(=O)Nc1cccc(I)c1. The molecular formula is C17H11ClFIN2O2. The molecule has 3 rings (SSSR count). The predicted molar refractivity (Wildman–Crippen MR) is 98.8 cm³/mol. The number of aromatic nitrogens is 1. The van der Waals surface area contributed by atoms with Crippen molar-refractivity contribution < 1.29 is 13.7 Å². The summed E-state index contributed by atoms with van der Waals surface area (Å²) in [5.74, 6) is -0.725. The minimum Gasteiger partial charge on any atom is -0.360 e. The number of hydrogen-bond donors (Lipinski definition) is 1. The molecule has 0 saturated heterocycles. The fourth-order valence-corrected chi connectivity index (χ4v) is 3.09. The molecule has 0 saturated carbocycles. The van der Waals surface area contributed by atoms with Gasteiger partial charge in [0, 0.05) is 9.26 Å². The van der Waals surface area contributed by atoms with E-state index in [1.54, 1.807) is 13.0 Å². The van der Waals surface area contributed by atoms with E-state index in [-0.39, 0.29) is 27.6 Å². The van der Waals surface area contributed by atoms with E-state index in [9.17, 15) is 9.18 Å². The number of nitrogens with zero attached hydrogens (tertiary/aromatic N) is 1. The first-order valence-corrected chi connectivity index (χ1v) is 8.40. The largest absolute Gasteiger partial charge is 0.360 e. The van der Waals surface area contributed by atoms with Gasteiger partial charge in [-0.25, -0.2) is 4.39 Å². The average molecular weight is 457 g/mol. The van der Waals surface area contributed by atoms with Crippen LogP contribution >= 0.6 is 34.2 Å². The number of aryl methyl sites for hydroxylation is 1. The van der Waals surface area contributed by atoms with E-state index in [0.29, 0.717) is 5.69 Å². The highest BCUT2D eigenvalue weighted by Gasteiger charge is 2.25. The number of hydrogen-bond acceptors (Lipinski definition) is 3. The number of carbonyl (C=O) groups is 1. The summed E-state index contributed by atoms with van der Waals surface area (Å²) in [6.45, 7) is 1.59. The number of rotatable bonds is 3. The Morgan fingerprint density at radius 1 is 1.29 bits per heavy atom. The highest BCUT2D eigenvalue weighted by Crippen LogP contribution is 2.33. The summed E-state index contributed by atoms with van der Waals surface area (Å²) in [5, 5.41) is 6.75. The van der Waals surface area contributed by atoms with Crippen molar-refractivity contribution >= 4 is 45.8 Å². The molecule has 0 fully saturated rings. The molecule has 1 aromatic heterocycles. The molecule has 1 heterocycles. The molecule has 0 aliphatic rings. The number of amides is 1. The van der Waals surface area contributed by atoms with Gasteiger partial charge in [0.1, 0.15) is 22.8 Å². The van der Waals surface area contributed by atoms with E-state index < -0.39 is 11.7 Å². The summed E-state index contributed by atoms with van der Waals surface area (Å²) in [4.78, 5) is 12.6. The van der Waals surface area contributed by atoms with Crippen LogP contribution < -0.4 is 5.32 Å². The Morgan fingerprint density at radius 3 is 2.75 bits per heavy atom. The molecule has 0 atom stereocenters. The number of nitrogens with one attached hydrogen (secondary N) is 1. The molecule has 4 nitrogen and oxygen atoms in total. The fraction of sp³-hybridized carbons (Fsp3) is 0.0588. The van der Waals surface area contributed by atoms with Gasteiger partial charge in [-0.3, -0.25) is 4.79 Å². The number of halogens is 3. The molecule has 7 heteroatoms. The zero-order valence-electron chi connectivity index (χ0n) is 12.4. The summed E-state index contributed by atoms with van der Waals surface area (Å²) < 4.78 is 20.3. The average Bonchev–Trinajstić information content (AvgIpc) is 2.89. The highest BCUT2D eigenvalue weighted by molar-refractivity contribution is 14.1. The summed E-state index contributed by atoms with van der Waals surface area (Å²) in [7, 11) is 0. The van der Waals surface area contributed by atoms with E-state index in [1.807, 2.05) is 18.2 Å². The van der Waals surface area contributed by atoms with E-state index in [4.69, 9.17) is 16.1 Å². The molecule has 0 aliphatic carbocycles. The van der Waals surface area contributed by atoms with E-state index >= 15 is 0 Å². The second kappa shape index (κ2) is 6.90. The predicted octanol–water partition coefficient (Wildman–Crippen LogP) is 5.30. The molecule has 0 bridgehead atoms. The molecule has 122 valence electrons. The maximum absolute atomic E-state index is 14.2. The first-order valence-electron chi connectivity index (χ1n) is 6.95. The molecule has 0 aliphatic heterocycles. The lowest BCUT2D eigenvalue weighted by Crippen LogP contribution is -2.13. The summed E-state index contributed by atoms with van der Waals surface area (Å²) in [6, 6.07) is 11.6. The van der Waals surface area contributed by atoms with Gasteiger partial charge < -0.3 is 9.84 Å². The van der Waals surface area contributed by atoms with Crippen molar-refractivity contribution in [1.82, 2.24) is 5.16 Å². The third-order valence-corrected chi connectivity index (χ3v) is 4.36. The molecule has 0 radical (unpaired) electrons. The van der Waals surface area contributed by atoms with Crippen molar-refractivity contribution in [3.63, 3.8) is 0 Å². The second-order valence-corrected chi connectivity index (χ2v) is 6.68. The molecule has 24 heavy (non-hydrogen) atoms. The topological polar surface area (TPSA) is 55.1 Å². The van der Waals surface area contributed by atoms with Crippen LogP contribution in [0.1, 0.15) is 16.1 Å². The quantitative estimate of drug-likeness (QED) is 0.544. The van der Waals surface area contributed by atoms with Gasteiger partial charge in [-0.2, -0.15) is 0 Å². The first kappa shape index (κ1) is 16.9. The Labute approximate surface area is 156 Å². The standard InChI is InChI=1S/C17H11ClFIN2O2/c1-9-14(17(23)21-11-5-2-4-10(20)8-11)16(22-24-9)15-12(18)6-3-7-13(15)19/h2-8H,1H3,(H,21,23). The zero-order valence-corrected chi connectivity index (χ0v) is 15.4. The maximum atomic E-state index is 14.2. The molecule has 3 aromatic rings.